The fourth-order valence-corrected chi connectivity index (χ4v) is 3.46. The summed E-state index contributed by atoms with van der Waals surface area (Å²) in [5, 5.41) is 2.64. The third-order valence-electron chi connectivity index (χ3n) is 4.40. The SMILES string of the molecule is Nc1ccc2c3c(ccc2c1)C1=C(CCC=C1)CC3. The highest BCUT2D eigenvalue weighted by Crippen LogP contribution is 2.39. The second-order valence-electron chi connectivity index (χ2n) is 5.53. The average Bonchev–Trinajstić information content (AvgIpc) is 2.46. The number of nitrogens with two attached hydrogens (primary N) is 1. The van der Waals surface area contributed by atoms with Crippen molar-refractivity contribution in [3.05, 3.63) is 59.2 Å². The number of rotatable bonds is 0. The van der Waals surface area contributed by atoms with Gasteiger partial charge in [0, 0.05) is 5.69 Å². The van der Waals surface area contributed by atoms with Crippen LogP contribution >= 0.6 is 0 Å². The van der Waals surface area contributed by atoms with Crippen molar-refractivity contribution in [1.82, 2.24) is 0 Å². The van der Waals surface area contributed by atoms with Crippen LogP contribution in [0.4, 0.5) is 5.69 Å². The number of hydrogen-bond donors (Lipinski definition) is 1. The molecule has 1 nitrogen and oxygen atoms in total. The Morgan fingerprint density at radius 2 is 1.89 bits per heavy atom. The molecule has 0 radical (unpaired) electrons. The van der Waals surface area contributed by atoms with E-state index in [0.717, 1.165) is 5.69 Å². The van der Waals surface area contributed by atoms with Gasteiger partial charge in [0.25, 0.3) is 0 Å². The highest BCUT2D eigenvalue weighted by Gasteiger charge is 2.20. The minimum atomic E-state index is 0.848. The van der Waals surface area contributed by atoms with Gasteiger partial charge < -0.3 is 5.73 Å². The molecule has 0 amide bonds. The van der Waals surface area contributed by atoms with Crippen LogP contribution in [0.1, 0.15) is 30.4 Å². The minimum Gasteiger partial charge on any atom is -0.399 e. The van der Waals surface area contributed by atoms with Crippen LogP contribution in [0.15, 0.2) is 48.1 Å². The lowest BCUT2D eigenvalue weighted by Crippen LogP contribution is -2.07. The third kappa shape index (κ3) is 1.61. The smallest absolute Gasteiger partial charge is 0.0320 e. The molecule has 94 valence electrons. The summed E-state index contributed by atoms with van der Waals surface area (Å²) in [5.41, 5.74) is 12.8. The van der Waals surface area contributed by atoms with Crippen LogP contribution in [0, 0.1) is 0 Å². The van der Waals surface area contributed by atoms with Crippen molar-refractivity contribution in [3.8, 4) is 0 Å². The van der Waals surface area contributed by atoms with Crippen LogP contribution in [-0.2, 0) is 6.42 Å². The predicted molar refractivity (Wildman–Crippen MR) is 82.0 cm³/mol. The maximum Gasteiger partial charge on any atom is 0.0320 e. The number of aryl methyl sites for hydroxylation is 1. The van der Waals surface area contributed by atoms with Crippen molar-refractivity contribution in [1.29, 1.82) is 0 Å². The Labute approximate surface area is 113 Å². The van der Waals surface area contributed by atoms with Gasteiger partial charge in [0.2, 0.25) is 0 Å². The van der Waals surface area contributed by atoms with Crippen molar-refractivity contribution in [2.45, 2.75) is 25.7 Å². The Hall–Kier alpha value is -2.02. The van der Waals surface area contributed by atoms with E-state index in [1.54, 1.807) is 5.57 Å². The van der Waals surface area contributed by atoms with E-state index in [9.17, 15) is 0 Å². The fraction of sp³-hybridized carbons (Fsp3) is 0.222. The third-order valence-corrected chi connectivity index (χ3v) is 4.40. The number of benzene rings is 2. The van der Waals surface area contributed by atoms with Gasteiger partial charge in [-0.25, -0.2) is 0 Å². The van der Waals surface area contributed by atoms with Crippen LogP contribution in [-0.4, -0.2) is 0 Å². The lowest BCUT2D eigenvalue weighted by molar-refractivity contribution is 0.831. The van der Waals surface area contributed by atoms with Gasteiger partial charge in [0.05, 0.1) is 0 Å². The lowest BCUT2D eigenvalue weighted by Gasteiger charge is -2.25. The van der Waals surface area contributed by atoms with E-state index < -0.39 is 0 Å². The minimum absolute atomic E-state index is 0.848. The first-order chi connectivity index (χ1) is 9.33. The van der Waals surface area contributed by atoms with E-state index in [1.807, 2.05) is 6.07 Å². The molecule has 2 aromatic carbocycles. The molecule has 2 aliphatic rings. The number of nitrogen functional groups attached to an aromatic ring is 1. The molecular weight excluding hydrogens is 230 g/mol. The first kappa shape index (κ1) is 10.9. The van der Waals surface area contributed by atoms with Crippen LogP contribution < -0.4 is 5.73 Å². The molecule has 0 aromatic heterocycles. The predicted octanol–water partition coefficient (Wildman–Crippen LogP) is 4.47. The van der Waals surface area contributed by atoms with Gasteiger partial charge in [-0.1, -0.05) is 35.9 Å². The normalized spacial score (nSPS) is 17.5. The van der Waals surface area contributed by atoms with Crippen molar-refractivity contribution >= 4 is 22.0 Å². The van der Waals surface area contributed by atoms with Gasteiger partial charge in [-0.15, -0.1) is 0 Å². The number of allylic oxidation sites excluding steroid dienone is 4. The zero-order valence-electron chi connectivity index (χ0n) is 10.9. The fourth-order valence-electron chi connectivity index (χ4n) is 3.46. The Morgan fingerprint density at radius 1 is 0.947 bits per heavy atom. The molecule has 1 heteroatoms. The Morgan fingerprint density at radius 3 is 2.84 bits per heavy atom. The molecular formula is C18H17N. The highest BCUT2D eigenvalue weighted by atomic mass is 14.5. The van der Waals surface area contributed by atoms with Gasteiger partial charge in [-0.3, -0.25) is 0 Å². The number of fused-ring (bicyclic) bond motifs is 4. The molecule has 2 N–H and O–H groups in total. The summed E-state index contributed by atoms with van der Waals surface area (Å²) in [7, 11) is 0. The van der Waals surface area contributed by atoms with Crippen molar-refractivity contribution in [2.75, 3.05) is 5.73 Å². The summed E-state index contributed by atoms with van der Waals surface area (Å²) in [6.07, 6.45) is 9.46. The quantitative estimate of drug-likeness (QED) is 0.683. The highest BCUT2D eigenvalue weighted by molar-refractivity contribution is 5.95. The molecule has 2 aromatic rings. The van der Waals surface area contributed by atoms with Crippen LogP contribution in [0.5, 0.6) is 0 Å². The molecule has 0 bridgehead atoms. The molecule has 0 saturated carbocycles. The van der Waals surface area contributed by atoms with Gasteiger partial charge in [-0.05, 0) is 65.3 Å². The zero-order valence-corrected chi connectivity index (χ0v) is 10.9. The molecule has 2 aliphatic carbocycles. The first-order valence-electron chi connectivity index (χ1n) is 7.03. The monoisotopic (exact) mass is 247 g/mol. The summed E-state index contributed by atoms with van der Waals surface area (Å²) < 4.78 is 0. The summed E-state index contributed by atoms with van der Waals surface area (Å²) >= 11 is 0. The van der Waals surface area contributed by atoms with E-state index in [4.69, 9.17) is 5.73 Å². The van der Waals surface area contributed by atoms with Crippen molar-refractivity contribution in [2.24, 2.45) is 0 Å². The summed E-state index contributed by atoms with van der Waals surface area (Å²) in [6.45, 7) is 0. The second-order valence-corrected chi connectivity index (χ2v) is 5.53. The topological polar surface area (TPSA) is 26.0 Å². The lowest BCUT2D eigenvalue weighted by atomic mass is 9.79. The van der Waals surface area contributed by atoms with E-state index in [1.165, 1.54) is 53.2 Å². The van der Waals surface area contributed by atoms with E-state index in [0.29, 0.717) is 0 Å². The van der Waals surface area contributed by atoms with Gasteiger partial charge >= 0.3 is 0 Å². The molecule has 0 saturated heterocycles. The van der Waals surface area contributed by atoms with Gasteiger partial charge in [-0.2, -0.15) is 0 Å². The number of hydrogen-bond acceptors (Lipinski definition) is 1. The molecule has 4 rings (SSSR count). The van der Waals surface area contributed by atoms with E-state index in [2.05, 4.69) is 36.4 Å². The zero-order chi connectivity index (χ0) is 12.8. The Balaban J connectivity index is 2.00. The standard InChI is InChI=1S/C18H17N/c19-14-7-10-16-13(11-14)6-9-17-15-4-2-1-3-12(15)5-8-18(16)17/h2,4,6-7,9-11H,1,3,5,8,19H2. The molecule has 0 atom stereocenters. The molecule has 0 fully saturated rings. The number of anilines is 1. The van der Waals surface area contributed by atoms with E-state index in [-0.39, 0.29) is 0 Å². The maximum absolute atomic E-state index is 5.89. The molecule has 0 heterocycles. The van der Waals surface area contributed by atoms with Crippen molar-refractivity contribution < 1.29 is 0 Å². The first-order valence-corrected chi connectivity index (χ1v) is 7.03. The van der Waals surface area contributed by atoms with Crippen molar-refractivity contribution in [3.63, 3.8) is 0 Å². The van der Waals surface area contributed by atoms with E-state index >= 15 is 0 Å². The second kappa shape index (κ2) is 3.99. The molecule has 0 spiro atoms. The summed E-state index contributed by atoms with van der Waals surface area (Å²) in [4.78, 5) is 0. The molecule has 0 unspecified atom stereocenters. The summed E-state index contributed by atoms with van der Waals surface area (Å²) in [6, 6.07) is 10.8. The average molecular weight is 247 g/mol. The van der Waals surface area contributed by atoms with Crippen LogP contribution in [0.25, 0.3) is 16.3 Å². The summed E-state index contributed by atoms with van der Waals surface area (Å²) in [5.74, 6) is 0. The van der Waals surface area contributed by atoms with Gasteiger partial charge in [0.1, 0.15) is 0 Å². The molecule has 19 heavy (non-hydrogen) atoms. The maximum atomic E-state index is 5.89. The molecule has 0 aliphatic heterocycles. The van der Waals surface area contributed by atoms with Gasteiger partial charge in [0.15, 0.2) is 0 Å². The largest absolute Gasteiger partial charge is 0.399 e. The Bertz CT molecular complexity index is 735. The van der Waals surface area contributed by atoms with Crippen LogP contribution in [0.3, 0.4) is 0 Å². The Kier molecular flexibility index (Phi) is 2.28. The van der Waals surface area contributed by atoms with Crippen LogP contribution in [0.2, 0.25) is 0 Å².